The summed E-state index contributed by atoms with van der Waals surface area (Å²) in [6.45, 7) is 3.65. The fourth-order valence-electron chi connectivity index (χ4n) is 2.54. The molecule has 0 aliphatic heterocycles. The predicted molar refractivity (Wildman–Crippen MR) is 112 cm³/mol. The summed E-state index contributed by atoms with van der Waals surface area (Å²) in [5, 5.41) is 0.147. The summed E-state index contributed by atoms with van der Waals surface area (Å²) in [5.41, 5.74) is -0.431. The molecule has 3 rings (SSSR count). The van der Waals surface area contributed by atoms with E-state index in [-0.39, 0.29) is 45.2 Å². The maximum absolute atomic E-state index is 14.5. The van der Waals surface area contributed by atoms with Crippen LogP contribution in [0, 0.1) is 16.5 Å². The van der Waals surface area contributed by atoms with Crippen molar-refractivity contribution in [3.05, 3.63) is 45.8 Å². The largest absolute Gasteiger partial charge is 0.474 e. The maximum atomic E-state index is 14.5. The molecule has 0 saturated heterocycles. The minimum Gasteiger partial charge on any atom is -0.474 e. The highest BCUT2D eigenvalue weighted by Gasteiger charge is 2.28. The van der Waals surface area contributed by atoms with Gasteiger partial charge in [-0.1, -0.05) is 23.2 Å². The first kappa shape index (κ1) is 22.6. The summed E-state index contributed by atoms with van der Waals surface area (Å²) in [6, 6.07) is 3.42. The number of rotatable bonds is 8. The van der Waals surface area contributed by atoms with Gasteiger partial charge in [0.05, 0.1) is 28.6 Å². The van der Waals surface area contributed by atoms with Gasteiger partial charge in [0, 0.05) is 12.1 Å². The number of nitrogens with one attached hydrogen (secondary N) is 2. The number of amides is 1. The molecule has 0 bridgehead atoms. The molecule has 1 fully saturated rings. The second kappa shape index (κ2) is 8.95. The Bertz CT molecular complexity index is 1080. The van der Waals surface area contributed by atoms with Gasteiger partial charge in [0.2, 0.25) is 5.88 Å². The van der Waals surface area contributed by atoms with Crippen molar-refractivity contribution in [2.24, 2.45) is 5.92 Å². The molecule has 1 saturated carbocycles. The molecule has 1 amide bonds. The lowest BCUT2D eigenvalue weighted by atomic mass is 10.2. The third kappa shape index (κ3) is 5.96. The summed E-state index contributed by atoms with van der Waals surface area (Å²) in [7, 11) is -3.35. The topological polar surface area (TPSA) is 101 Å². The molecule has 1 aromatic heterocycles. The van der Waals surface area contributed by atoms with Crippen molar-refractivity contribution in [3.8, 4) is 17.4 Å². The van der Waals surface area contributed by atoms with E-state index < -0.39 is 27.2 Å². The van der Waals surface area contributed by atoms with Crippen molar-refractivity contribution >= 4 is 39.0 Å². The van der Waals surface area contributed by atoms with Gasteiger partial charge < -0.3 is 9.47 Å². The second-order valence-electron chi connectivity index (χ2n) is 7.21. The molecule has 11 heteroatoms. The highest BCUT2D eigenvalue weighted by molar-refractivity contribution is 7.91. The normalized spacial score (nSPS) is 15.5. The molecule has 1 aliphatic carbocycles. The summed E-state index contributed by atoms with van der Waals surface area (Å²) in [5.74, 6) is -1.34. The first-order valence-electron chi connectivity index (χ1n) is 9.11. The van der Waals surface area contributed by atoms with Gasteiger partial charge in [0.25, 0.3) is 5.91 Å². The van der Waals surface area contributed by atoms with Gasteiger partial charge in [-0.3, -0.25) is 9.52 Å². The zero-order valence-corrected chi connectivity index (χ0v) is 18.5. The summed E-state index contributed by atoms with van der Waals surface area (Å²) < 4.78 is 47.5. The standard InChI is InChI=1S/C19H20Cl2FN3O4S/c1-10(2)28-19-15(21)5-12(8-24-19)29-17-7-16(22)13(6-14(17)20)18(26)25-30(23,27)9-11-3-4-11/h5-8,10-11H,3-4,9H2,1-2H3,(H2,23,25,26,27). The summed E-state index contributed by atoms with van der Waals surface area (Å²) in [6.07, 6.45) is 2.97. The fraction of sp³-hybridized carbons (Fsp3) is 0.368. The molecule has 2 N–H and O–H groups in total. The van der Waals surface area contributed by atoms with E-state index in [2.05, 4.69) is 9.71 Å². The number of pyridine rings is 1. The number of halogens is 3. The zero-order valence-electron chi connectivity index (χ0n) is 16.2. The van der Waals surface area contributed by atoms with Crippen molar-refractivity contribution in [3.63, 3.8) is 0 Å². The second-order valence-corrected chi connectivity index (χ2v) is 9.91. The Hall–Kier alpha value is -2.10. The number of carbonyl (C=O) groups is 1. The van der Waals surface area contributed by atoms with Gasteiger partial charge >= 0.3 is 0 Å². The third-order valence-electron chi connectivity index (χ3n) is 4.05. The van der Waals surface area contributed by atoms with Crippen LogP contribution in [0.4, 0.5) is 4.39 Å². The molecule has 1 aliphatic rings. The van der Waals surface area contributed by atoms with E-state index in [0.29, 0.717) is 0 Å². The summed E-state index contributed by atoms with van der Waals surface area (Å²) in [4.78, 5) is 16.3. The van der Waals surface area contributed by atoms with Gasteiger partial charge in [-0.25, -0.2) is 18.4 Å². The molecule has 30 heavy (non-hydrogen) atoms. The van der Waals surface area contributed by atoms with E-state index in [9.17, 15) is 13.4 Å². The van der Waals surface area contributed by atoms with Gasteiger partial charge in [-0.2, -0.15) is 0 Å². The predicted octanol–water partition coefficient (Wildman–Crippen LogP) is 5.21. The van der Waals surface area contributed by atoms with Gasteiger partial charge in [0.15, 0.2) is 0 Å². The van der Waals surface area contributed by atoms with Crippen LogP contribution in [0.5, 0.6) is 17.4 Å². The fourth-order valence-corrected chi connectivity index (χ4v) is 4.44. The van der Waals surface area contributed by atoms with Crippen LogP contribution in [0.1, 0.15) is 37.0 Å². The lowest BCUT2D eigenvalue weighted by Gasteiger charge is -2.13. The van der Waals surface area contributed by atoms with Gasteiger partial charge in [-0.15, -0.1) is 0 Å². The Morgan fingerprint density at radius 1 is 1.33 bits per heavy atom. The van der Waals surface area contributed by atoms with Gasteiger partial charge in [-0.05, 0) is 38.7 Å². The molecule has 1 atom stereocenters. The van der Waals surface area contributed by atoms with E-state index >= 15 is 0 Å². The van der Waals surface area contributed by atoms with E-state index in [1.165, 1.54) is 12.3 Å². The number of benzene rings is 1. The molecule has 162 valence electrons. The molecular weight excluding hydrogens is 456 g/mol. The Morgan fingerprint density at radius 2 is 2.03 bits per heavy atom. The van der Waals surface area contributed by atoms with E-state index in [1.807, 2.05) is 13.8 Å². The van der Waals surface area contributed by atoms with Crippen LogP contribution in [0.2, 0.25) is 10.0 Å². The molecule has 0 spiro atoms. The Labute approximate surface area is 184 Å². The van der Waals surface area contributed by atoms with Crippen LogP contribution in [-0.2, 0) is 9.92 Å². The van der Waals surface area contributed by atoms with Crippen molar-refractivity contribution in [1.29, 1.82) is 4.78 Å². The van der Waals surface area contributed by atoms with Crippen molar-refractivity contribution < 1.29 is 22.9 Å². The average Bonchev–Trinajstić information content (AvgIpc) is 3.42. The number of ether oxygens (including phenoxy) is 2. The van der Waals surface area contributed by atoms with Crippen molar-refractivity contribution in [2.75, 3.05) is 5.75 Å². The van der Waals surface area contributed by atoms with Crippen LogP contribution in [0.25, 0.3) is 0 Å². The first-order valence-corrected chi connectivity index (χ1v) is 11.6. The van der Waals surface area contributed by atoms with Crippen LogP contribution in [0.15, 0.2) is 24.4 Å². The SMILES string of the molecule is CC(C)Oc1ncc(Oc2cc(F)c(C(=O)NS(=N)(=O)CC3CC3)cc2Cl)cc1Cl. The first-order chi connectivity index (χ1) is 14.0. The Morgan fingerprint density at radius 3 is 2.63 bits per heavy atom. The molecule has 1 unspecified atom stereocenters. The quantitative estimate of drug-likeness (QED) is 0.545. The van der Waals surface area contributed by atoms with Crippen molar-refractivity contribution in [1.82, 2.24) is 9.71 Å². The number of nitrogens with zero attached hydrogens (tertiary/aromatic N) is 1. The van der Waals surface area contributed by atoms with Crippen LogP contribution in [0.3, 0.4) is 0 Å². The maximum Gasteiger partial charge on any atom is 0.266 e. The zero-order chi connectivity index (χ0) is 22.1. The molecular formula is C19H20Cl2FN3O4S. The van der Waals surface area contributed by atoms with Gasteiger partial charge in [0.1, 0.15) is 32.3 Å². The van der Waals surface area contributed by atoms with E-state index in [0.717, 1.165) is 25.0 Å². The smallest absolute Gasteiger partial charge is 0.266 e. The molecule has 1 heterocycles. The number of carbonyl (C=O) groups excluding carboxylic acids is 1. The Kier molecular flexibility index (Phi) is 6.74. The molecule has 7 nitrogen and oxygen atoms in total. The summed E-state index contributed by atoms with van der Waals surface area (Å²) >= 11 is 12.2. The van der Waals surface area contributed by atoms with E-state index in [4.69, 9.17) is 37.5 Å². The van der Waals surface area contributed by atoms with Crippen LogP contribution >= 0.6 is 23.2 Å². The number of hydrogen-bond donors (Lipinski definition) is 2. The van der Waals surface area contributed by atoms with Crippen LogP contribution in [-0.4, -0.2) is 27.0 Å². The minimum absolute atomic E-state index is 0.0551. The highest BCUT2D eigenvalue weighted by atomic mass is 35.5. The molecule has 2 aromatic rings. The highest BCUT2D eigenvalue weighted by Crippen LogP contribution is 2.34. The monoisotopic (exact) mass is 475 g/mol. The average molecular weight is 476 g/mol. The van der Waals surface area contributed by atoms with Crippen molar-refractivity contribution in [2.45, 2.75) is 32.8 Å². The third-order valence-corrected chi connectivity index (χ3v) is 6.07. The number of aromatic nitrogens is 1. The molecule has 1 aromatic carbocycles. The number of hydrogen-bond acceptors (Lipinski definition) is 6. The lowest BCUT2D eigenvalue weighted by molar-refractivity contribution is 0.0978. The Balaban J connectivity index is 1.76. The lowest BCUT2D eigenvalue weighted by Crippen LogP contribution is -2.32. The molecule has 0 radical (unpaired) electrons. The van der Waals surface area contributed by atoms with E-state index in [1.54, 1.807) is 0 Å². The minimum atomic E-state index is -3.35. The van der Waals surface area contributed by atoms with Crippen LogP contribution < -0.4 is 14.2 Å².